The van der Waals surface area contributed by atoms with E-state index in [0.29, 0.717) is 6.07 Å². The number of nitrogens with one attached hydrogen (secondary N) is 1. The highest BCUT2D eigenvalue weighted by Gasteiger charge is 2.20. The molecule has 0 spiro atoms. The molecule has 1 N–H and O–H groups in total. The summed E-state index contributed by atoms with van der Waals surface area (Å²) in [5, 5.41) is 12.9. The number of carbonyl (C=O) groups excluding carboxylic acids is 2. The van der Waals surface area contributed by atoms with Crippen LogP contribution in [0.5, 0.6) is 0 Å². The summed E-state index contributed by atoms with van der Waals surface area (Å²) in [6, 6.07) is 4.08. The lowest BCUT2D eigenvalue weighted by atomic mass is 10.1. The Morgan fingerprint density at radius 2 is 1.72 bits per heavy atom. The number of nitro benzene ring substituents is 1. The lowest BCUT2D eigenvalue weighted by Gasteiger charge is -2.08. The first kappa shape index (κ1) is 17.9. The van der Waals surface area contributed by atoms with E-state index in [1.807, 2.05) is 5.32 Å². The molecule has 0 aromatic heterocycles. The first-order chi connectivity index (χ1) is 11.7. The fraction of sp³-hybridized carbons (Fsp3) is 0.0667. The third-order valence-electron chi connectivity index (χ3n) is 3.10. The molecule has 0 atom stereocenters. The summed E-state index contributed by atoms with van der Waals surface area (Å²) in [6.07, 6.45) is 0. The predicted molar refractivity (Wildman–Crippen MR) is 78.7 cm³/mol. The minimum absolute atomic E-state index is 0.285. The highest BCUT2D eigenvalue weighted by Crippen LogP contribution is 2.22. The Morgan fingerprint density at radius 3 is 2.32 bits per heavy atom. The molecule has 0 aliphatic carbocycles. The monoisotopic (exact) mass is 354 g/mol. The SMILES string of the molecule is COC(=O)c1cc(C(=O)Nc2ccc(F)c(F)c2F)cc([N+](=O)[O-])c1. The van der Waals surface area contributed by atoms with Gasteiger partial charge in [-0.3, -0.25) is 14.9 Å². The maximum atomic E-state index is 13.6. The molecule has 2 aromatic carbocycles. The number of amides is 1. The van der Waals surface area contributed by atoms with Gasteiger partial charge in [0.05, 0.1) is 23.3 Å². The Bertz CT molecular complexity index is 886. The fourth-order valence-corrected chi connectivity index (χ4v) is 1.90. The summed E-state index contributed by atoms with van der Waals surface area (Å²) >= 11 is 0. The lowest BCUT2D eigenvalue weighted by Crippen LogP contribution is -2.15. The van der Waals surface area contributed by atoms with Crippen LogP contribution in [0.15, 0.2) is 30.3 Å². The number of hydrogen-bond donors (Lipinski definition) is 1. The number of benzene rings is 2. The molecule has 1 amide bonds. The molecule has 0 heterocycles. The van der Waals surface area contributed by atoms with Gasteiger partial charge in [0, 0.05) is 17.7 Å². The molecule has 10 heteroatoms. The zero-order chi connectivity index (χ0) is 18.7. The van der Waals surface area contributed by atoms with Crippen molar-refractivity contribution in [2.24, 2.45) is 0 Å². The Labute approximate surface area is 138 Å². The Morgan fingerprint density at radius 1 is 1.08 bits per heavy atom. The van der Waals surface area contributed by atoms with Crippen LogP contribution in [0.4, 0.5) is 24.5 Å². The van der Waals surface area contributed by atoms with Crippen LogP contribution >= 0.6 is 0 Å². The van der Waals surface area contributed by atoms with Gasteiger partial charge in [-0.15, -0.1) is 0 Å². The molecule has 0 aliphatic heterocycles. The first-order valence-corrected chi connectivity index (χ1v) is 6.57. The third-order valence-corrected chi connectivity index (χ3v) is 3.10. The number of esters is 1. The fourth-order valence-electron chi connectivity index (χ4n) is 1.90. The van der Waals surface area contributed by atoms with Gasteiger partial charge in [0.25, 0.3) is 11.6 Å². The second-order valence-electron chi connectivity index (χ2n) is 4.69. The zero-order valence-corrected chi connectivity index (χ0v) is 12.5. The number of methoxy groups -OCH3 is 1. The van der Waals surface area contributed by atoms with Crippen LogP contribution in [0, 0.1) is 27.6 Å². The quantitative estimate of drug-likeness (QED) is 0.394. The smallest absolute Gasteiger partial charge is 0.338 e. The van der Waals surface area contributed by atoms with E-state index in [2.05, 4.69) is 4.74 Å². The zero-order valence-electron chi connectivity index (χ0n) is 12.5. The van der Waals surface area contributed by atoms with Gasteiger partial charge in [-0.05, 0) is 18.2 Å². The summed E-state index contributed by atoms with van der Waals surface area (Å²) in [7, 11) is 1.04. The third kappa shape index (κ3) is 3.74. The molecule has 0 bridgehead atoms. The summed E-state index contributed by atoms with van der Waals surface area (Å²) in [5.74, 6) is -6.87. The average molecular weight is 354 g/mol. The summed E-state index contributed by atoms with van der Waals surface area (Å²) in [5.41, 5.74) is -1.92. The molecular formula is C15H9F3N2O5. The van der Waals surface area contributed by atoms with Crippen LogP contribution in [0.1, 0.15) is 20.7 Å². The molecule has 0 fully saturated rings. The largest absolute Gasteiger partial charge is 0.465 e. The standard InChI is InChI=1S/C15H9F3N2O5/c1-25-15(22)8-4-7(5-9(6-8)20(23)24)14(21)19-11-3-2-10(16)12(17)13(11)18/h2-6H,1H3,(H,19,21). The van der Waals surface area contributed by atoms with Gasteiger partial charge in [0.2, 0.25) is 0 Å². The second kappa shape index (κ2) is 6.99. The lowest BCUT2D eigenvalue weighted by molar-refractivity contribution is -0.384. The van der Waals surface area contributed by atoms with E-state index in [0.717, 1.165) is 31.4 Å². The van der Waals surface area contributed by atoms with Crippen LogP contribution in [0.3, 0.4) is 0 Å². The molecule has 0 saturated carbocycles. The van der Waals surface area contributed by atoms with Crippen LogP contribution < -0.4 is 5.32 Å². The van der Waals surface area contributed by atoms with E-state index in [9.17, 15) is 32.9 Å². The van der Waals surface area contributed by atoms with Gasteiger partial charge in [0.15, 0.2) is 17.5 Å². The topological polar surface area (TPSA) is 98.5 Å². The number of hydrogen-bond acceptors (Lipinski definition) is 5. The van der Waals surface area contributed by atoms with Crippen molar-refractivity contribution in [2.45, 2.75) is 0 Å². The van der Waals surface area contributed by atoms with Gasteiger partial charge >= 0.3 is 5.97 Å². The van der Waals surface area contributed by atoms with Crippen molar-refractivity contribution in [3.63, 3.8) is 0 Å². The molecule has 0 radical (unpaired) electrons. The van der Waals surface area contributed by atoms with Crippen molar-refractivity contribution in [3.05, 3.63) is 69.0 Å². The van der Waals surface area contributed by atoms with Crippen LogP contribution in [0.25, 0.3) is 0 Å². The molecule has 25 heavy (non-hydrogen) atoms. The van der Waals surface area contributed by atoms with E-state index in [1.165, 1.54) is 0 Å². The highest BCUT2D eigenvalue weighted by molar-refractivity contribution is 6.06. The number of nitro groups is 1. The molecule has 0 saturated heterocycles. The summed E-state index contributed by atoms with van der Waals surface area (Å²) in [6.45, 7) is 0. The summed E-state index contributed by atoms with van der Waals surface area (Å²) < 4.78 is 44.1. The Balaban J connectivity index is 2.42. The minimum Gasteiger partial charge on any atom is -0.465 e. The van der Waals surface area contributed by atoms with Gasteiger partial charge < -0.3 is 10.1 Å². The predicted octanol–water partition coefficient (Wildman–Crippen LogP) is 3.05. The molecule has 7 nitrogen and oxygen atoms in total. The molecule has 2 rings (SSSR count). The number of carbonyl (C=O) groups is 2. The number of halogens is 3. The number of non-ortho nitro benzene ring substituents is 1. The normalized spacial score (nSPS) is 10.2. The number of nitrogens with zero attached hydrogens (tertiary/aromatic N) is 1. The van der Waals surface area contributed by atoms with Crippen molar-refractivity contribution in [3.8, 4) is 0 Å². The molecule has 130 valence electrons. The van der Waals surface area contributed by atoms with Crippen LogP contribution in [-0.2, 0) is 4.74 Å². The maximum absolute atomic E-state index is 13.6. The average Bonchev–Trinajstić information content (AvgIpc) is 2.60. The van der Waals surface area contributed by atoms with Crippen LogP contribution in [-0.4, -0.2) is 23.9 Å². The first-order valence-electron chi connectivity index (χ1n) is 6.57. The molecule has 0 aliphatic rings. The van der Waals surface area contributed by atoms with E-state index in [4.69, 9.17) is 0 Å². The molecule has 0 unspecified atom stereocenters. The van der Waals surface area contributed by atoms with Crippen molar-refractivity contribution >= 4 is 23.3 Å². The van der Waals surface area contributed by atoms with Gasteiger partial charge in [-0.1, -0.05) is 0 Å². The minimum atomic E-state index is -1.79. The van der Waals surface area contributed by atoms with Crippen molar-refractivity contribution in [2.75, 3.05) is 12.4 Å². The van der Waals surface area contributed by atoms with Gasteiger partial charge in [-0.25, -0.2) is 18.0 Å². The summed E-state index contributed by atoms with van der Waals surface area (Å²) in [4.78, 5) is 33.7. The Kier molecular flexibility index (Phi) is 5.01. The van der Waals surface area contributed by atoms with E-state index in [1.54, 1.807) is 0 Å². The van der Waals surface area contributed by atoms with Crippen molar-refractivity contribution in [1.29, 1.82) is 0 Å². The second-order valence-corrected chi connectivity index (χ2v) is 4.69. The van der Waals surface area contributed by atoms with Crippen molar-refractivity contribution < 1.29 is 32.4 Å². The van der Waals surface area contributed by atoms with Gasteiger partial charge in [0.1, 0.15) is 0 Å². The molecular weight excluding hydrogens is 345 g/mol. The van der Waals surface area contributed by atoms with Crippen molar-refractivity contribution in [1.82, 2.24) is 0 Å². The number of ether oxygens (including phenoxy) is 1. The number of rotatable bonds is 4. The maximum Gasteiger partial charge on any atom is 0.338 e. The van der Waals surface area contributed by atoms with Crippen LogP contribution in [0.2, 0.25) is 0 Å². The van der Waals surface area contributed by atoms with E-state index < -0.39 is 45.6 Å². The van der Waals surface area contributed by atoms with Gasteiger partial charge in [-0.2, -0.15) is 0 Å². The highest BCUT2D eigenvalue weighted by atomic mass is 19.2. The van der Waals surface area contributed by atoms with E-state index >= 15 is 0 Å². The Hall–Kier alpha value is -3.43. The number of anilines is 1. The van der Waals surface area contributed by atoms with E-state index in [-0.39, 0.29) is 11.1 Å². The molecule has 2 aromatic rings.